The quantitative estimate of drug-likeness (QED) is 0.832. The van der Waals surface area contributed by atoms with Crippen LogP contribution >= 0.6 is 39.9 Å². The highest BCUT2D eigenvalue weighted by Crippen LogP contribution is 2.32. The molecule has 0 aliphatic carbocycles. The van der Waals surface area contributed by atoms with Gasteiger partial charge >= 0.3 is 0 Å². The monoisotopic (exact) mass is 388 g/mol. The summed E-state index contributed by atoms with van der Waals surface area (Å²) in [5, 5.41) is 3.83. The molecule has 7 heteroatoms. The Kier molecular flexibility index (Phi) is 7.69. The molecular formula is C13H17BrCl2F2N2. The normalized spacial score (nSPS) is 17.9. The number of alkyl halides is 2. The van der Waals surface area contributed by atoms with E-state index in [9.17, 15) is 8.78 Å². The van der Waals surface area contributed by atoms with E-state index < -0.39 is 6.43 Å². The molecule has 1 aliphatic heterocycles. The number of halogens is 5. The number of rotatable bonds is 4. The standard InChI is InChI=1S/C13H16BrClF2N2.ClH/c14-10-7-9(1-2-11(10)15)12(8-13(16)17)19-5-3-18-4-6-19;/h1-2,7,12-13,18H,3-6,8H2;1H/t12-;/m1./s1. The molecule has 114 valence electrons. The molecule has 0 bridgehead atoms. The average molecular weight is 390 g/mol. The molecule has 0 unspecified atom stereocenters. The Hall–Kier alpha value is 0.0600. The van der Waals surface area contributed by atoms with E-state index in [2.05, 4.69) is 26.1 Å². The van der Waals surface area contributed by atoms with Crippen molar-refractivity contribution in [2.45, 2.75) is 18.9 Å². The molecule has 1 atom stereocenters. The summed E-state index contributed by atoms with van der Waals surface area (Å²) in [7, 11) is 0. The van der Waals surface area contributed by atoms with Crippen LogP contribution in [0.3, 0.4) is 0 Å². The van der Waals surface area contributed by atoms with Crippen molar-refractivity contribution in [3.05, 3.63) is 33.3 Å². The van der Waals surface area contributed by atoms with E-state index in [0.29, 0.717) is 5.02 Å². The summed E-state index contributed by atoms with van der Waals surface area (Å²) in [5.74, 6) is 0. The van der Waals surface area contributed by atoms with Crippen LogP contribution in [0.5, 0.6) is 0 Å². The zero-order valence-corrected chi connectivity index (χ0v) is 13.9. The third-order valence-corrected chi connectivity index (χ3v) is 4.54. The first-order valence-electron chi connectivity index (χ1n) is 6.26. The van der Waals surface area contributed by atoms with Gasteiger partial charge in [-0.3, -0.25) is 4.90 Å². The van der Waals surface area contributed by atoms with Crippen molar-refractivity contribution < 1.29 is 8.78 Å². The van der Waals surface area contributed by atoms with E-state index in [1.807, 2.05) is 12.1 Å². The lowest BCUT2D eigenvalue weighted by molar-refractivity contribution is 0.0739. The summed E-state index contributed by atoms with van der Waals surface area (Å²) in [6.07, 6.45) is -2.46. The van der Waals surface area contributed by atoms with Gasteiger partial charge in [-0.25, -0.2) is 8.78 Å². The molecule has 0 radical (unpaired) electrons. The van der Waals surface area contributed by atoms with E-state index in [-0.39, 0.29) is 24.9 Å². The number of hydrogen-bond donors (Lipinski definition) is 1. The second-order valence-corrected chi connectivity index (χ2v) is 5.86. The van der Waals surface area contributed by atoms with Gasteiger partial charge in [-0.05, 0) is 33.6 Å². The van der Waals surface area contributed by atoms with Gasteiger partial charge in [-0.15, -0.1) is 12.4 Å². The fourth-order valence-corrected chi connectivity index (χ4v) is 2.89. The summed E-state index contributed by atoms with van der Waals surface area (Å²) < 4.78 is 26.4. The van der Waals surface area contributed by atoms with Gasteiger partial charge in [0.1, 0.15) is 0 Å². The fourth-order valence-electron chi connectivity index (χ4n) is 2.38. The topological polar surface area (TPSA) is 15.3 Å². The van der Waals surface area contributed by atoms with Gasteiger partial charge in [0, 0.05) is 43.1 Å². The van der Waals surface area contributed by atoms with Gasteiger partial charge in [0.05, 0.1) is 5.02 Å². The highest BCUT2D eigenvalue weighted by molar-refractivity contribution is 9.10. The Morgan fingerprint density at radius 1 is 1.30 bits per heavy atom. The Bertz CT molecular complexity index is 429. The summed E-state index contributed by atoms with van der Waals surface area (Å²) in [4.78, 5) is 2.11. The third kappa shape index (κ3) is 4.81. The highest BCUT2D eigenvalue weighted by Gasteiger charge is 2.25. The SMILES string of the molecule is Cl.FC(F)C[C@H](c1ccc(Cl)c(Br)c1)N1CCNCC1. The maximum Gasteiger partial charge on any atom is 0.240 e. The van der Waals surface area contributed by atoms with Crippen LogP contribution in [0.2, 0.25) is 5.02 Å². The molecule has 1 saturated heterocycles. The number of nitrogens with zero attached hydrogens (tertiary/aromatic N) is 1. The van der Waals surface area contributed by atoms with Crippen molar-refractivity contribution in [3.8, 4) is 0 Å². The Morgan fingerprint density at radius 2 is 1.95 bits per heavy atom. The smallest absolute Gasteiger partial charge is 0.240 e. The molecule has 1 aromatic rings. The summed E-state index contributed by atoms with van der Waals surface area (Å²) in [6.45, 7) is 3.26. The number of benzene rings is 1. The minimum Gasteiger partial charge on any atom is -0.314 e. The van der Waals surface area contributed by atoms with Crippen LogP contribution in [0.15, 0.2) is 22.7 Å². The van der Waals surface area contributed by atoms with Crippen LogP contribution < -0.4 is 5.32 Å². The molecule has 0 spiro atoms. The molecule has 0 aromatic heterocycles. The van der Waals surface area contributed by atoms with Crippen molar-refractivity contribution in [1.82, 2.24) is 10.2 Å². The molecule has 2 rings (SSSR count). The lowest BCUT2D eigenvalue weighted by Gasteiger charge is -2.35. The van der Waals surface area contributed by atoms with Crippen LogP contribution in [0, 0.1) is 0 Å². The summed E-state index contributed by atoms with van der Waals surface area (Å²) in [5.41, 5.74) is 0.887. The lowest BCUT2D eigenvalue weighted by atomic mass is 10.0. The van der Waals surface area contributed by atoms with Gasteiger partial charge in [-0.1, -0.05) is 17.7 Å². The Labute approximate surface area is 137 Å². The molecule has 2 nitrogen and oxygen atoms in total. The van der Waals surface area contributed by atoms with E-state index >= 15 is 0 Å². The predicted molar refractivity (Wildman–Crippen MR) is 84.2 cm³/mol. The zero-order chi connectivity index (χ0) is 13.8. The average Bonchev–Trinajstić information content (AvgIpc) is 2.40. The number of hydrogen-bond acceptors (Lipinski definition) is 2. The first-order valence-corrected chi connectivity index (χ1v) is 7.43. The Balaban J connectivity index is 0.00000200. The molecular weight excluding hydrogens is 373 g/mol. The molecule has 1 fully saturated rings. The summed E-state index contributed by atoms with van der Waals surface area (Å²) >= 11 is 9.31. The van der Waals surface area contributed by atoms with Crippen LogP contribution in [-0.2, 0) is 0 Å². The third-order valence-electron chi connectivity index (χ3n) is 3.32. The van der Waals surface area contributed by atoms with Crippen LogP contribution in [0.1, 0.15) is 18.0 Å². The molecule has 1 aliphatic rings. The van der Waals surface area contributed by atoms with Crippen LogP contribution in [-0.4, -0.2) is 37.5 Å². The second-order valence-electron chi connectivity index (χ2n) is 4.60. The highest BCUT2D eigenvalue weighted by atomic mass is 79.9. The molecule has 1 heterocycles. The van der Waals surface area contributed by atoms with Crippen molar-refractivity contribution in [2.24, 2.45) is 0 Å². The summed E-state index contributed by atoms with van der Waals surface area (Å²) in [6, 6.07) is 5.18. The van der Waals surface area contributed by atoms with Gasteiger partial charge in [0.15, 0.2) is 0 Å². The van der Waals surface area contributed by atoms with E-state index in [1.54, 1.807) is 6.07 Å². The number of nitrogens with one attached hydrogen (secondary N) is 1. The first kappa shape index (κ1) is 18.1. The molecule has 1 aromatic carbocycles. The van der Waals surface area contributed by atoms with Gasteiger partial charge < -0.3 is 5.32 Å². The van der Waals surface area contributed by atoms with E-state index in [0.717, 1.165) is 36.2 Å². The number of piperazine rings is 1. The van der Waals surface area contributed by atoms with Crippen molar-refractivity contribution >= 4 is 39.9 Å². The first-order chi connectivity index (χ1) is 9.08. The van der Waals surface area contributed by atoms with Crippen molar-refractivity contribution in [1.29, 1.82) is 0 Å². The molecule has 0 saturated carbocycles. The van der Waals surface area contributed by atoms with Gasteiger partial charge in [0.2, 0.25) is 6.43 Å². The lowest BCUT2D eigenvalue weighted by Crippen LogP contribution is -2.45. The van der Waals surface area contributed by atoms with Crippen LogP contribution in [0.25, 0.3) is 0 Å². The molecule has 0 amide bonds. The van der Waals surface area contributed by atoms with Gasteiger partial charge in [0.25, 0.3) is 0 Å². The van der Waals surface area contributed by atoms with Gasteiger partial charge in [-0.2, -0.15) is 0 Å². The maximum absolute atomic E-state index is 12.8. The zero-order valence-electron chi connectivity index (χ0n) is 10.8. The Morgan fingerprint density at radius 3 is 2.50 bits per heavy atom. The minimum atomic E-state index is -2.31. The van der Waals surface area contributed by atoms with E-state index in [1.165, 1.54) is 0 Å². The molecule has 20 heavy (non-hydrogen) atoms. The van der Waals surface area contributed by atoms with Crippen molar-refractivity contribution in [2.75, 3.05) is 26.2 Å². The largest absolute Gasteiger partial charge is 0.314 e. The fraction of sp³-hybridized carbons (Fsp3) is 0.538. The minimum absolute atomic E-state index is 0. The predicted octanol–water partition coefficient (Wildman–Crippen LogP) is 4.13. The maximum atomic E-state index is 12.8. The van der Waals surface area contributed by atoms with Crippen molar-refractivity contribution in [3.63, 3.8) is 0 Å². The second kappa shape index (κ2) is 8.49. The molecule has 1 N–H and O–H groups in total. The van der Waals surface area contributed by atoms with E-state index in [4.69, 9.17) is 11.6 Å². The van der Waals surface area contributed by atoms with Crippen LogP contribution in [0.4, 0.5) is 8.78 Å².